The minimum absolute atomic E-state index is 0.0741. The van der Waals surface area contributed by atoms with Crippen molar-refractivity contribution in [3.8, 4) is 0 Å². The van der Waals surface area contributed by atoms with Crippen LogP contribution in [0.15, 0.2) is 24.3 Å². The average molecular weight is 260 g/mol. The molecule has 2 N–H and O–H groups in total. The first-order valence-corrected chi connectivity index (χ1v) is 5.51. The molecule has 0 aromatic heterocycles. The van der Waals surface area contributed by atoms with Gasteiger partial charge in [-0.3, -0.25) is 4.79 Å². The first-order chi connectivity index (χ1) is 8.43. The van der Waals surface area contributed by atoms with E-state index in [-0.39, 0.29) is 5.91 Å². The normalized spacial score (nSPS) is 11.3. The third kappa shape index (κ3) is 4.75. The van der Waals surface area contributed by atoms with E-state index in [0.717, 1.165) is 17.7 Å². The van der Waals surface area contributed by atoms with Crippen molar-refractivity contribution in [1.29, 1.82) is 0 Å². The number of carbonyl (C=O) groups is 1. The number of amides is 1. The maximum Gasteiger partial charge on any atom is 0.416 e. The smallest absolute Gasteiger partial charge is 0.359 e. The fourth-order valence-electron chi connectivity index (χ4n) is 1.37. The van der Waals surface area contributed by atoms with Crippen LogP contribution in [0.1, 0.15) is 17.5 Å². The Hall–Kier alpha value is -1.56. The quantitative estimate of drug-likeness (QED) is 0.794. The molecule has 0 radical (unpaired) electrons. The van der Waals surface area contributed by atoms with Gasteiger partial charge in [-0.05, 0) is 17.7 Å². The van der Waals surface area contributed by atoms with E-state index < -0.39 is 11.7 Å². The molecular formula is C12H15F3N2O. The third-order valence-electron chi connectivity index (χ3n) is 2.42. The van der Waals surface area contributed by atoms with Gasteiger partial charge >= 0.3 is 6.18 Å². The van der Waals surface area contributed by atoms with Crippen LogP contribution in [0, 0.1) is 0 Å². The molecule has 0 aliphatic heterocycles. The van der Waals surface area contributed by atoms with Crippen LogP contribution >= 0.6 is 0 Å². The van der Waals surface area contributed by atoms with Crippen molar-refractivity contribution in [2.24, 2.45) is 0 Å². The van der Waals surface area contributed by atoms with Crippen LogP contribution in [0.5, 0.6) is 0 Å². The standard InChI is InChI=1S/C12H15F3N2O/c1-16-11(18)6-7-17-8-9-2-4-10(5-3-9)12(13,14)15/h2-5,17H,6-8H2,1H3,(H,16,18). The van der Waals surface area contributed by atoms with Gasteiger partial charge in [0, 0.05) is 26.6 Å². The lowest BCUT2D eigenvalue weighted by Gasteiger charge is -2.08. The Morgan fingerprint density at radius 1 is 1.22 bits per heavy atom. The van der Waals surface area contributed by atoms with Crippen LogP contribution in [-0.4, -0.2) is 19.5 Å². The molecule has 3 nitrogen and oxygen atoms in total. The van der Waals surface area contributed by atoms with E-state index in [1.54, 1.807) is 7.05 Å². The zero-order valence-corrected chi connectivity index (χ0v) is 9.97. The van der Waals surface area contributed by atoms with Gasteiger partial charge in [-0.25, -0.2) is 0 Å². The van der Waals surface area contributed by atoms with Gasteiger partial charge in [0.15, 0.2) is 0 Å². The minimum Gasteiger partial charge on any atom is -0.359 e. The molecule has 0 aliphatic rings. The van der Waals surface area contributed by atoms with Crippen molar-refractivity contribution < 1.29 is 18.0 Å². The second kappa shape index (κ2) is 6.39. The number of hydrogen-bond acceptors (Lipinski definition) is 2. The number of nitrogens with one attached hydrogen (secondary N) is 2. The maximum atomic E-state index is 12.3. The molecule has 6 heteroatoms. The van der Waals surface area contributed by atoms with Crippen molar-refractivity contribution in [2.75, 3.05) is 13.6 Å². The van der Waals surface area contributed by atoms with Crippen LogP contribution in [0.4, 0.5) is 13.2 Å². The number of benzene rings is 1. The molecular weight excluding hydrogens is 245 g/mol. The van der Waals surface area contributed by atoms with E-state index in [1.165, 1.54) is 12.1 Å². The van der Waals surface area contributed by atoms with Gasteiger partial charge in [-0.1, -0.05) is 12.1 Å². The maximum absolute atomic E-state index is 12.3. The Labute approximate surface area is 103 Å². The predicted molar refractivity (Wildman–Crippen MR) is 61.8 cm³/mol. The molecule has 0 aliphatic carbocycles. The van der Waals surface area contributed by atoms with Crippen LogP contribution in [0.2, 0.25) is 0 Å². The second-order valence-corrected chi connectivity index (χ2v) is 3.79. The molecule has 0 unspecified atom stereocenters. The van der Waals surface area contributed by atoms with E-state index in [0.29, 0.717) is 19.5 Å². The van der Waals surface area contributed by atoms with Gasteiger partial charge in [-0.2, -0.15) is 13.2 Å². The summed E-state index contributed by atoms with van der Waals surface area (Å²) in [5.41, 5.74) is 0.0940. The van der Waals surface area contributed by atoms with Crippen molar-refractivity contribution in [2.45, 2.75) is 19.1 Å². The number of rotatable bonds is 5. The van der Waals surface area contributed by atoms with Gasteiger partial charge in [0.05, 0.1) is 5.56 Å². The topological polar surface area (TPSA) is 41.1 Å². The molecule has 0 saturated heterocycles. The van der Waals surface area contributed by atoms with E-state index in [2.05, 4.69) is 10.6 Å². The fraction of sp³-hybridized carbons (Fsp3) is 0.417. The van der Waals surface area contributed by atoms with Crippen molar-refractivity contribution >= 4 is 5.91 Å². The lowest BCUT2D eigenvalue weighted by Crippen LogP contribution is -2.24. The highest BCUT2D eigenvalue weighted by atomic mass is 19.4. The molecule has 0 spiro atoms. The summed E-state index contributed by atoms with van der Waals surface area (Å²) in [4.78, 5) is 10.9. The SMILES string of the molecule is CNC(=O)CCNCc1ccc(C(F)(F)F)cc1. The van der Waals surface area contributed by atoms with Crippen molar-refractivity contribution in [1.82, 2.24) is 10.6 Å². The molecule has 0 saturated carbocycles. The molecule has 1 rings (SSSR count). The molecule has 1 aromatic rings. The van der Waals surface area contributed by atoms with E-state index in [9.17, 15) is 18.0 Å². The van der Waals surface area contributed by atoms with E-state index >= 15 is 0 Å². The summed E-state index contributed by atoms with van der Waals surface area (Å²) in [5.74, 6) is -0.0741. The largest absolute Gasteiger partial charge is 0.416 e. The fourth-order valence-corrected chi connectivity index (χ4v) is 1.37. The second-order valence-electron chi connectivity index (χ2n) is 3.79. The first-order valence-electron chi connectivity index (χ1n) is 5.51. The van der Waals surface area contributed by atoms with E-state index in [4.69, 9.17) is 0 Å². The van der Waals surface area contributed by atoms with Crippen molar-refractivity contribution in [3.63, 3.8) is 0 Å². The molecule has 0 fully saturated rings. The molecule has 0 bridgehead atoms. The number of halogens is 3. The van der Waals surface area contributed by atoms with Gasteiger partial charge in [0.1, 0.15) is 0 Å². The molecule has 100 valence electrons. The summed E-state index contributed by atoms with van der Waals surface area (Å²) in [6, 6.07) is 4.96. The number of hydrogen-bond donors (Lipinski definition) is 2. The Bertz CT molecular complexity index is 387. The Balaban J connectivity index is 2.38. The highest BCUT2D eigenvalue weighted by Crippen LogP contribution is 2.28. The van der Waals surface area contributed by atoms with Gasteiger partial charge in [0.25, 0.3) is 0 Å². The predicted octanol–water partition coefficient (Wildman–Crippen LogP) is 1.93. The lowest BCUT2D eigenvalue weighted by atomic mass is 10.1. The first kappa shape index (κ1) is 14.5. The van der Waals surface area contributed by atoms with E-state index in [1.807, 2.05) is 0 Å². The average Bonchev–Trinajstić information content (AvgIpc) is 2.33. The monoisotopic (exact) mass is 260 g/mol. The van der Waals surface area contributed by atoms with Gasteiger partial charge in [0.2, 0.25) is 5.91 Å². The summed E-state index contributed by atoms with van der Waals surface area (Å²) < 4.78 is 36.9. The Morgan fingerprint density at radius 3 is 2.33 bits per heavy atom. The molecule has 1 aromatic carbocycles. The summed E-state index contributed by atoms with van der Waals surface area (Å²) in [6.07, 6.45) is -3.96. The Morgan fingerprint density at radius 2 is 1.83 bits per heavy atom. The highest BCUT2D eigenvalue weighted by molar-refractivity contribution is 5.75. The lowest BCUT2D eigenvalue weighted by molar-refractivity contribution is -0.137. The molecule has 0 atom stereocenters. The summed E-state index contributed by atoms with van der Waals surface area (Å²) in [6.45, 7) is 0.926. The van der Waals surface area contributed by atoms with Gasteiger partial charge < -0.3 is 10.6 Å². The molecule has 18 heavy (non-hydrogen) atoms. The van der Waals surface area contributed by atoms with Crippen LogP contribution < -0.4 is 10.6 Å². The minimum atomic E-state index is -4.30. The number of carbonyl (C=O) groups excluding carboxylic acids is 1. The highest BCUT2D eigenvalue weighted by Gasteiger charge is 2.29. The summed E-state index contributed by atoms with van der Waals surface area (Å²) in [5, 5.41) is 5.47. The van der Waals surface area contributed by atoms with Crippen molar-refractivity contribution in [3.05, 3.63) is 35.4 Å². The van der Waals surface area contributed by atoms with Crippen LogP contribution in [0.25, 0.3) is 0 Å². The van der Waals surface area contributed by atoms with Crippen LogP contribution in [0.3, 0.4) is 0 Å². The summed E-state index contributed by atoms with van der Waals surface area (Å²) in [7, 11) is 1.55. The zero-order chi connectivity index (χ0) is 13.6. The molecule has 1 amide bonds. The zero-order valence-electron chi connectivity index (χ0n) is 9.97. The van der Waals surface area contributed by atoms with Crippen LogP contribution in [-0.2, 0) is 17.5 Å². The Kier molecular flexibility index (Phi) is 5.15. The third-order valence-corrected chi connectivity index (χ3v) is 2.42. The summed E-state index contributed by atoms with van der Waals surface area (Å²) >= 11 is 0. The molecule has 0 heterocycles. The number of alkyl halides is 3. The van der Waals surface area contributed by atoms with Gasteiger partial charge in [-0.15, -0.1) is 0 Å².